The highest BCUT2D eigenvalue weighted by molar-refractivity contribution is 5.89. The highest BCUT2D eigenvalue weighted by Crippen LogP contribution is 2.29. The highest BCUT2D eigenvalue weighted by Gasteiger charge is 2.11. The van der Waals surface area contributed by atoms with E-state index in [-0.39, 0.29) is 12.4 Å². The van der Waals surface area contributed by atoms with E-state index in [0.717, 1.165) is 5.69 Å². The average Bonchev–Trinajstić information content (AvgIpc) is 2.28. The summed E-state index contributed by atoms with van der Waals surface area (Å²) in [5.74, 6) is 0. The molecular weight excluding hydrogens is 218 g/mol. The zero-order chi connectivity index (χ0) is 10.3. The highest BCUT2D eigenvalue weighted by atomic mass is 35.5. The van der Waals surface area contributed by atoms with E-state index in [4.69, 9.17) is 5.73 Å². The van der Waals surface area contributed by atoms with Gasteiger partial charge in [0.15, 0.2) is 0 Å². The molecule has 0 heterocycles. The van der Waals surface area contributed by atoms with Crippen LogP contribution in [-0.4, -0.2) is 0 Å². The number of hydrogen-bond donors (Lipinski definition) is 1. The molecule has 0 fully saturated rings. The van der Waals surface area contributed by atoms with Crippen LogP contribution in [0.15, 0.2) is 30.3 Å². The van der Waals surface area contributed by atoms with Gasteiger partial charge in [0.2, 0.25) is 0 Å². The summed E-state index contributed by atoms with van der Waals surface area (Å²) in [6.07, 6.45) is 5.15. The van der Waals surface area contributed by atoms with E-state index >= 15 is 0 Å². The maximum Gasteiger partial charge on any atom is 0.0320 e. The van der Waals surface area contributed by atoms with Gasteiger partial charge in [0.05, 0.1) is 0 Å². The second-order valence-corrected chi connectivity index (χ2v) is 4.39. The standard InChI is InChI=1S/C14H15N.ClH/c15-12-7-8-14-11(9-12)6-5-10-3-1-2-4-13(10)14;/h5-9H,1-4,15H2;1H. The van der Waals surface area contributed by atoms with Gasteiger partial charge < -0.3 is 5.73 Å². The van der Waals surface area contributed by atoms with Crippen LogP contribution < -0.4 is 5.73 Å². The molecular formula is C14H16ClN. The number of anilines is 1. The van der Waals surface area contributed by atoms with Gasteiger partial charge in [-0.2, -0.15) is 0 Å². The van der Waals surface area contributed by atoms with Gasteiger partial charge >= 0.3 is 0 Å². The number of nitrogen functional groups attached to an aromatic ring is 1. The van der Waals surface area contributed by atoms with Crippen LogP contribution in [0.1, 0.15) is 24.0 Å². The van der Waals surface area contributed by atoms with Gasteiger partial charge in [-0.3, -0.25) is 0 Å². The predicted octanol–water partition coefficient (Wildman–Crippen LogP) is 3.72. The van der Waals surface area contributed by atoms with E-state index in [1.807, 2.05) is 6.07 Å². The van der Waals surface area contributed by atoms with E-state index in [2.05, 4.69) is 24.3 Å². The second kappa shape index (κ2) is 4.34. The number of nitrogens with two attached hydrogens (primary N) is 1. The maximum atomic E-state index is 5.80. The van der Waals surface area contributed by atoms with Crippen LogP contribution in [0.4, 0.5) is 5.69 Å². The van der Waals surface area contributed by atoms with E-state index in [1.54, 1.807) is 11.1 Å². The molecule has 1 nitrogen and oxygen atoms in total. The topological polar surface area (TPSA) is 26.0 Å². The van der Waals surface area contributed by atoms with Gasteiger partial charge in [0.1, 0.15) is 0 Å². The summed E-state index contributed by atoms with van der Waals surface area (Å²) >= 11 is 0. The second-order valence-electron chi connectivity index (χ2n) is 4.39. The van der Waals surface area contributed by atoms with E-state index in [9.17, 15) is 0 Å². The normalized spacial score (nSPS) is 14.2. The van der Waals surface area contributed by atoms with Gasteiger partial charge in [0, 0.05) is 5.69 Å². The summed E-state index contributed by atoms with van der Waals surface area (Å²) in [5, 5.41) is 2.69. The molecule has 0 unspecified atom stereocenters. The quantitative estimate of drug-likeness (QED) is 0.690. The first kappa shape index (κ1) is 11.3. The van der Waals surface area contributed by atoms with Crippen molar-refractivity contribution in [3.63, 3.8) is 0 Å². The third kappa shape index (κ3) is 1.76. The van der Waals surface area contributed by atoms with Crippen LogP contribution in [0.2, 0.25) is 0 Å². The molecule has 0 amide bonds. The first-order chi connectivity index (χ1) is 7.34. The Morgan fingerprint density at radius 3 is 2.62 bits per heavy atom. The lowest BCUT2D eigenvalue weighted by atomic mass is 9.88. The minimum Gasteiger partial charge on any atom is -0.399 e. The zero-order valence-electron chi connectivity index (χ0n) is 9.20. The molecule has 0 radical (unpaired) electrons. The number of hydrogen-bond acceptors (Lipinski definition) is 1. The molecule has 1 aliphatic carbocycles. The monoisotopic (exact) mass is 233 g/mol. The van der Waals surface area contributed by atoms with Gasteiger partial charge in [-0.05, 0) is 59.7 Å². The number of rotatable bonds is 0. The van der Waals surface area contributed by atoms with Crippen LogP contribution in [0.3, 0.4) is 0 Å². The van der Waals surface area contributed by atoms with Crippen LogP contribution in [0.25, 0.3) is 10.8 Å². The number of halogens is 1. The molecule has 0 bridgehead atoms. The van der Waals surface area contributed by atoms with Crippen LogP contribution in [-0.2, 0) is 12.8 Å². The maximum absolute atomic E-state index is 5.80. The summed E-state index contributed by atoms with van der Waals surface area (Å²) in [6, 6.07) is 10.7. The average molecular weight is 234 g/mol. The third-order valence-corrected chi connectivity index (χ3v) is 3.38. The lowest BCUT2D eigenvalue weighted by Crippen LogP contribution is -2.03. The van der Waals surface area contributed by atoms with Crippen molar-refractivity contribution in [3.05, 3.63) is 41.5 Å². The molecule has 0 aromatic heterocycles. The Labute approximate surface area is 102 Å². The van der Waals surface area contributed by atoms with Crippen molar-refractivity contribution in [2.75, 3.05) is 5.73 Å². The Morgan fingerprint density at radius 1 is 0.938 bits per heavy atom. The van der Waals surface area contributed by atoms with Crippen LogP contribution >= 0.6 is 12.4 Å². The fourth-order valence-electron chi connectivity index (χ4n) is 2.60. The van der Waals surface area contributed by atoms with Gasteiger partial charge in [-0.15, -0.1) is 12.4 Å². The minimum absolute atomic E-state index is 0. The molecule has 2 N–H and O–H groups in total. The Hall–Kier alpha value is -1.21. The first-order valence-corrected chi connectivity index (χ1v) is 5.64. The third-order valence-electron chi connectivity index (χ3n) is 3.38. The Morgan fingerprint density at radius 2 is 1.75 bits per heavy atom. The lowest BCUT2D eigenvalue weighted by molar-refractivity contribution is 0.690. The minimum atomic E-state index is 0. The fourth-order valence-corrected chi connectivity index (χ4v) is 2.60. The summed E-state index contributed by atoms with van der Waals surface area (Å²) in [4.78, 5) is 0. The molecule has 84 valence electrons. The Bertz CT molecular complexity index is 519. The van der Waals surface area contributed by atoms with Crippen LogP contribution in [0, 0.1) is 0 Å². The fraction of sp³-hybridized carbons (Fsp3) is 0.286. The van der Waals surface area contributed by atoms with Gasteiger partial charge in [0.25, 0.3) is 0 Å². The van der Waals surface area contributed by atoms with E-state index < -0.39 is 0 Å². The largest absolute Gasteiger partial charge is 0.399 e. The first-order valence-electron chi connectivity index (χ1n) is 5.64. The Kier molecular flexibility index (Phi) is 3.06. The van der Waals surface area contributed by atoms with Crippen molar-refractivity contribution in [2.45, 2.75) is 25.7 Å². The summed E-state index contributed by atoms with van der Waals surface area (Å²) < 4.78 is 0. The molecule has 2 aromatic rings. The van der Waals surface area contributed by atoms with E-state index in [0.29, 0.717) is 0 Å². The van der Waals surface area contributed by atoms with Crippen molar-refractivity contribution in [1.82, 2.24) is 0 Å². The molecule has 0 aliphatic heterocycles. The van der Waals surface area contributed by atoms with Crippen molar-refractivity contribution < 1.29 is 0 Å². The number of aryl methyl sites for hydroxylation is 2. The summed E-state index contributed by atoms with van der Waals surface area (Å²) in [6.45, 7) is 0. The van der Waals surface area contributed by atoms with Gasteiger partial charge in [-0.1, -0.05) is 18.2 Å². The zero-order valence-corrected chi connectivity index (χ0v) is 10.0. The molecule has 1 aliphatic rings. The summed E-state index contributed by atoms with van der Waals surface area (Å²) in [5.41, 5.74) is 9.75. The lowest BCUT2D eigenvalue weighted by Gasteiger charge is -2.17. The molecule has 2 heteroatoms. The smallest absolute Gasteiger partial charge is 0.0320 e. The molecule has 0 spiro atoms. The van der Waals surface area contributed by atoms with Crippen molar-refractivity contribution in [2.24, 2.45) is 0 Å². The summed E-state index contributed by atoms with van der Waals surface area (Å²) in [7, 11) is 0. The molecule has 16 heavy (non-hydrogen) atoms. The van der Waals surface area contributed by atoms with E-state index in [1.165, 1.54) is 36.5 Å². The molecule has 0 saturated carbocycles. The number of benzene rings is 2. The van der Waals surface area contributed by atoms with Crippen LogP contribution in [0.5, 0.6) is 0 Å². The SMILES string of the molecule is Cl.Nc1ccc2c3c(ccc2c1)CCCC3. The molecule has 0 atom stereocenters. The predicted molar refractivity (Wildman–Crippen MR) is 72.3 cm³/mol. The number of fused-ring (bicyclic) bond motifs is 3. The van der Waals surface area contributed by atoms with Gasteiger partial charge in [-0.25, -0.2) is 0 Å². The molecule has 3 rings (SSSR count). The molecule has 2 aromatic carbocycles. The van der Waals surface area contributed by atoms with Crippen molar-refractivity contribution in [1.29, 1.82) is 0 Å². The Balaban J connectivity index is 0.000000963. The van der Waals surface area contributed by atoms with Crippen molar-refractivity contribution in [3.8, 4) is 0 Å². The van der Waals surface area contributed by atoms with Crippen molar-refractivity contribution >= 4 is 28.9 Å². The molecule has 0 saturated heterocycles.